The van der Waals surface area contributed by atoms with Crippen LogP contribution in [0.1, 0.15) is 55.4 Å². The van der Waals surface area contributed by atoms with Gasteiger partial charge in [0, 0.05) is 6.66 Å². The van der Waals surface area contributed by atoms with E-state index < -0.39 is 19.4 Å². The molecule has 0 bridgehead atoms. The molecule has 0 aromatic heterocycles. The van der Waals surface area contributed by atoms with E-state index in [0.29, 0.717) is 0 Å². The van der Waals surface area contributed by atoms with Crippen molar-refractivity contribution in [2.75, 3.05) is 19.8 Å². The second-order valence-electron chi connectivity index (χ2n) is 4.67. The molecule has 0 aliphatic heterocycles. The van der Waals surface area contributed by atoms with Crippen LogP contribution in [0.3, 0.4) is 0 Å². The Kier molecular flexibility index (Phi) is 18.7. The van der Waals surface area contributed by atoms with E-state index >= 15 is 0 Å². The number of ether oxygens (including phenoxy) is 2. The number of esters is 2. The van der Waals surface area contributed by atoms with Gasteiger partial charge in [-0.3, -0.25) is 14.2 Å². The van der Waals surface area contributed by atoms with E-state index in [4.69, 9.17) is 9.47 Å². The van der Waals surface area contributed by atoms with Gasteiger partial charge in [0.15, 0.2) is 0 Å². The van der Waals surface area contributed by atoms with Crippen LogP contribution in [0, 0.1) is 0 Å². The molecule has 0 aromatic carbocycles. The van der Waals surface area contributed by atoms with Gasteiger partial charge in [-0.1, -0.05) is 27.7 Å². The molecule has 0 amide bonds. The van der Waals surface area contributed by atoms with Crippen LogP contribution in [0.15, 0.2) is 0 Å². The second-order valence-corrected chi connectivity index (χ2v) is 7.15. The lowest BCUT2D eigenvalue weighted by Crippen LogP contribution is -2.32. The highest BCUT2D eigenvalue weighted by atomic mass is 31.2. The number of nitrogens with one attached hydrogen (secondary N) is 2. The molecule has 140 valence electrons. The van der Waals surface area contributed by atoms with E-state index in [2.05, 4.69) is 10.2 Å². The third kappa shape index (κ3) is 21.1. The molecule has 0 radical (unpaired) electrons. The van der Waals surface area contributed by atoms with Crippen molar-refractivity contribution in [3.8, 4) is 0 Å². The Bertz CT molecular complexity index is 330. The number of rotatable bonds is 8. The van der Waals surface area contributed by atoms with E-state index in [-0.39, 0.29) is 25.3 Å². The van der Waals surface area contributed by atoms with Crippen molar-refractivity contribution in [1.82, 2.24) is 10.2 Å². The predicted molar refractivity (Wildman–Crippen MR) is 94.7 cm³/mol. The summed E-state index contributed by atoms with van der Waals surface area (Å²) in [5.41, 5.74) is 0. The number of carbonyl (C=O) groups excluding carboxylic acids is 2. The van der Waals surface area contributed by atoms with Crippen molar-refractivity contribution in [2.45, 2.75) is 67.6 Å². The second kappa shape index (κ2) is 16.0. The van der Waals surface area contributed by atoms with Crippen molar-refractivity contribution in [3.63, 3.8) is 0 Å². The fourth-order valence-corrected chi connectivity index (χ4v) is 2.07. The molecule has 0 saturated carbocycles. The Hall–Kier alpha value is -0.910. The van der Waals surface area contributed by atoms with Crippen LogP contribution < -0.4 is 10.2 Å². The zero-order chi connectivity index (χ0) is 19.1. The van der Waals surface area contributed by atoms with Gasteiger partial charge < -0.3 is 9.47 Å². The van der Waals surface area contributed by atoms with E-state index in [9.17, 15) is 14.2 Å². The van der Waals surface area contributed by atoms with Gasteiger partial charge in [0.25, 0.3) is 0 Å². The molecule has 0 aliphatic carbocycles. The molecule has 0 unspecified atom stereocenters. The highest BCUT2D eigenvalue weighted by Gasteiger charge is 2.18. The molecule has 23 heavy (non-hydrogen) atoms. The van der Waals surface area contributed by atoms with Crippen LogP contribution in [0.2, 0.25) is 0 Å². The minimum atomic E-state index is -2.99. The first-order chi connectivity index (χ1) is 10.6. The predicted octanol–water partition coefficient (Wildman–Crippen LogP) is 2.94. The third-order valence-corrected chi connectivity index (χ3v) is 3.31. The Morgan fingerprint density at radius 1 is 0.826 bits per heavy atom. The van der Waals surface area contributed by atoms with Gasteiger partial charge in [-0.05, 0) is 27.7 Å². The summed E-state index contributed by atoms with van der Waals surface area (Å²) in [4.78, 5) is 22.5. The summed E-state index contributed by atoms with van der Waals surface area (Å²) in [7, 11) is -2.99. The van der Waals surface area contributed by atoms with Gasteiger partial charge in [0.1, 0.15) is 13.1 Å². The molecule has 0 spiro atoms. The molecule has 0 heterocycles. The molecule has 7 nitrogen and oxygen atoms in total. The van der Waals surface area contributed by atoms with Gasteiger partial charge in [-0.15, -0.1) is 0 Å². The smallest absolute Gasteiger partial charge is 0.320 e. The van der Waals surface area contributed by atoms with E-state index in [1.54, 1.807) is 27.7 Å². The maximum atomic E-state index is 12.0. The average Bonchev–Trinajstić information content (AvgIpc) is 2.46. The lowest BCUT2D eigenvalue weighted by atomic mass is 10.5. The molecular weight excluding hydrogens is 319 g/mol. The normalized spacial score (nSPS) is 10.2. The van der Waals surface area contributed by atoms with Gasteiger partial charge in [-0.2, -0.15) is 0 Å². The Labute approximate surface area is 141 Å². The fraction of sp³-hybridized carbons (Fsp3) is 0.867. The zero-order valence-corrected chi connectivity index (χ0v) is 17.0. The third-order valence-electron chi connectivity index (χ3n) is 1.78. The van der Waals surface area contributed by atoms with Crippen LogP contribution in [0.5, 0.6) is 0 Å². The van der Waals surface area contributed by atoms with Gasteiger partial charge in [0.05, 0.1) is 12.2 Å². The summed E-state index contributed by atoms with van der Waals surface area (Å²) in [5.74, 6) is -0.993. The van der Waals surface area contributed by atoms with Crippen LogP contribution in [-0.4, -0.2) is 43.9 Å². The Morgan fingerprint density at radius 2 is 1.09 bits per heavy atom. The van der Waals surface area contributed by atoms with E-state index in [1.807, 2.05) is 27.7 Å². The van der Waals surface area contributed by atoms with Crippen molar-refractivity contribution >= 4 is 19.4 Å². The van der Waals surface area contributed by atoms with Crippen LogP contribution in [0.25, 0.3) is 0 Å². The average molecular weight is 354 g/mol. The molecule has 0 atom stereocenters. The minimum absolute atomic E-state index is 0.182. The highest BCUT2D eigenvalue weighted by Crippen LogP contribution is 2.29. The molecular formula is C15H35N2O5P. The standard InChI is InChI=1S/C11H23N2O5P.2C2H6/c1-8(2)17-10(14)6-12-19(5,16)13-7-11(15)18-9(3)4;2*1-2/h8-9H,6-7H2,1-5H3,(H2,12,13,16);2*1-2H3. The van der Waals surface area contributed by atoms with Crippen molar-refractivity contribution in [1.29, 1.82) is 0 Å². The fourth-order valence-electron chi connectivity index (χ4n) is 1.10. The number of carbonyl (C=O) groups is 2. The number of hydrogen-bond donors (Lipinski definition) is 2. The summed E-state index contributed by atoms with van der Waals surface area (Å²) in [6, 6.07) is 0. The summed E-state index contributed by atoms with van der Waals surface area (Å²) < 4.78 is 21.7. The molecule has 2 N–H and O–H groups in total. The lowest BCUT2D eigenvalue weighted by Gasteiger charge is -2.16. The van der Waals surface area contributed by atoms with Crippen molar-refractivity contribution in [2.24, 2.45) is 0 Å². The minimum Gasteiger partial charge on any atom is -0.462 e. The molecule has 8 heteroatoms. The van der Waals surface area contributed by atoms with Crippen LogP contribution in [0.4, 0.5) is 0 Å². The zero-order valence-electron chi connectivity index (χ0n) is 16.1. The van der Waals surface area contributed by atoms with Crippen LogP contribution in [-0.2, 0) is 23.6 Å². The molecule has 0 fully saturated rings. The van der Waals surface area contributed by atoms with E-state index in [1.165, 1.54) is 6.66 Å². The molecule has 0 aromatic rings. The van der Waals surface area contributed by atoms with Gasteiger partial charge in [0.2, 0.25) is 7.44 Å². The molecule has 0 aliphatic rings. The Morgan fingerprint density at radius 3 is 1.30 bits per heavy atom. The first kappa shape index (κ1) is 27.0. The maximum absolute atomic E-state index is 12.0. The quantitative estimate of drug-likeness (QED) is 0.511. The van der Waals surface area contributed by atoms with Crippen LogP contribution >= 0.6 is 7.44 Å². The first-order valence-electron chi connectivity index (χ1n) is 8.09. The topological polar surface area (TPSA) is 93.7 Å². The summed E-state index contributed by atoms with van der Waals surface area (Å²) >= 11 is 0. The summed E-state index contributed by atoms with van der Waals surface area (Å²) in [6.45, 7) is 15.9. The SMILES string of the molecule is CC.CC.CC(C)OC(=O)CNP(C)(=O)NCC(=O)OC(C)C. The summed E-state index contributed by atoms with van der Waals surface area (Å²) in [6.07, 6.45) is -0.445. The molecule has 0 saturated heterocycles. The van der Waals surface area contributed by atoms with Gasteiger partial charge >= 0.3 is 11.9 Å². The molecule has 0 rings (SSSR count). The van der Waals surface area contributed by atoms with Crippen molar-refractivity contribution < 1.29 is 23.6 Å². The monoisotopic (exact) mass is 354 g/mol. The Balaban J connectivity index is -0.000000919. The maximum Gasteiger partial charge on any atom is 0.320 e. The summed E-state index contributed by atoms with van der Waals surface area (Å²) in [5, 5.41) is 5.07. The number of hydrogen-bond acceptors (Lipinski definition) is 5. The highest BCUT2D eigenvalue weighted by molar-refractivity contribution is 7.59. The first-order valence-corrected chi connectivity index (χ1v) is 10.2. The lowest BCUT2D eigenvalue weighted by molar-refractivity contribution is -0.146. The van der Waals surface area contributed by atoms with Crippen molar-refractivity contribution in [3.05, 3.63) is 0 Å². The van der Waals surface area contributed by atoms with E-state index in [0.717, 1.165) is 0 Å². The van der Waals surface area contributed by atoms with Gasteiger partial charge in [-0.25, -0.2) is 10.2 Å². The largest absolute Gasteiger partial charge is 0.462 e.